The molecule has 0 aliphatic heterocycles. The minimum atomic E-state index is -0.778. The molecule has 0 aliphatic carbocycles. The van der Waals surface area contributed by atoms with E-state index in [2.05, 4.69) is 12.2 Å². The molecule has 9 heteroatoms. The van der Waals surface area contributed by atoms with Crippen LogP contribution < -0.4 is 14.8 Å². The summed E-state index contributed by atoms with van der Waals surface area (Å²) in [5.74, 6) is -1.12. The molecule has 36 heavy (non-hydrogen) atoms. The number of carbonyl (C=O) groups is 3. The number of esters is 2. The lowest BCUT2D eigenvalue weighted by Gasteiger charge is -2.12. The lowest BCUT2D eigenvalue weighted by molar-refractivity contribution is -0.112. The van der Waals surface area contributed by atoms with Crippen LogP contribution in [0.2, 0.25) is 0 Å². The highest BCUT2D eigenvalue weighted by molar-refractivity contribution is 6.12. The van der Waals surface area contributed by atoms with Crippen molar-refractivity contribution in [3.8, 4) is 17.6 Å². The number of rotatable bonds is 12. The molecule has 0 aromatic heterocycles. The zero-order valence-corrected chi connectivity index (χ0v) is 20.9. The van der Waals surface area contributed by atoms with Crippen molar-refractivity contribution in [1.29, 1.82) is 5.26 Å². The molecule has 0 atom stereocenters. The number of anilines is 1. The fourth-order valence-electron chi connectivity index (χ4n) is 3.29. The molecule has 2 aromatic carbocycles. The van der Waals surface area contributed by atoms with Gasteiger partial charge in [0, 0.05) is 0 Å². The topological polar surface area (TPSA) is 124 Å². The van der Waals surface area contributed by atoms with Crippen LogP contribution in [0.4, 0.5) is 5.69 Å². The SMILES string of the molecule is CCCCCCOc1ccc(/C=C(\C#N)C(=O)Nc2cc(C(=O)OC)ccc2C(=O)OC)cc1OC. The molecular weight excluding hydrogens is 464 g/mol. The maximum atomic E-state index is 12.9. The zero-order valence-electron chi connectivity index (χ0n) is 20.9. The van der Waals surface area contributed by atoms with E-state index < -0.39 is 17.8 Å². The quantitative estimate of drug-likeness (QED) is 0.194. The van der Waals surface area contributed by atoms with Gasteiger partial charge >= 0.3 is 11.9 Å². The highest BCUT2D eigenvalue weighted by Crippen LogP contribution is 2.29. The van der Waals surface area contributed by atoms with Crippen LogP contribution in [-0.4, -0.2) is 45.8 Å². The first-order valence-electron chi connectivity index (χ1n) is 11.4. The number of nitrogens with zero attached hydrogens (tertiary/aromatic N) is 1. The highest BCUT2D eigenvalue weighted by Gasteiger charge is 2.19. The lowest BCUT2D eigenvalue weighted by atomic mass is 10.1. The van der Waals surface area contributed by atoms with Gasteiger partial charge in [-0.3, -0.25) is 4.79 Å². The first kappa shape index (κ1) is 27.9. The summed E-state index contributed by atoms with van der Waals surface area (Å²) in [6.07, 6.45) is 5.69. The van der Waals surface area contributed by atoms with Crippen molar-refractivity contribution >= 4 is 29.6 Å². The monoisotopic (exact) mass is 494 g/mol. The Hall–Kier alpha value is -4.32. The normalized spacial score (nSPS) is 10.7. The molecule has 2 rings (SSSR count). The van der Waals surface area contributed by atoms with E-state index in [-0.39, 0.29) is 22.4 Å². The van der Waals surface area contributed by atoms with Gasteiger partial charge in [-0.05, 0) is 48.4 Å². The van der Waals surface area contributed by atoms with Gasteiger partial charge in [0.25, 0.3) is 5.91 Å². The molecule has 0 unspecified atom stereocenters. The van der Waals surface area contributed by atoms with E-state index in [1.54, 1.807) is 18.2 Å². The minimum absolute atomic E-state index is 0.000279. The van der Waals surface area contributed by atoms with Crippen LogP contribution >= 0.6 is 0 Å². The van der Waals surface area contributed by atoms with Crippen LogP contribution in [-0.2, 0) is 14.3 Å². The van der Waals surface area contributed by atoms with Crippen molar-refractivity contribution in [3.05, 3.63) is 58.7 Å². The van der Waals surface area contributed by atoms with Gasteiger partial charge in [0.15, 0.2) is 11.5 Å². The largest absolute Gasteiger partial charge is 0.493 e. The maximum absolute atomic E-state index is 12.9. The third-order valence-corrected chi connectivity index (χ3v) is 5.21. The van der Waals surface area contributed by atoms with E-state index in [4.69, 9.17) is 18.9 Å². The average Bonchev–Trinajstić information content (AvgIpc) is 2.90. The predicted octanol–water partition coefficient (Wildman–Crippen LogP) is 4.77. The van der Waals surface area contributed by atoms with E-state index in [1.807, 2.05) is 6.07 Å². The van der Waals surface area contributed by atoms with Crippen LogP contribution in [0.3, 0.4) is 0 Å². The Morgan fingerprint density at radius 1 is 0.944 bits per heavy atom. The number of nitriles is 1. The van der Waals surface area contributed by atoms with Crippen LogP contribution in [0.1, 0.15) is 58.9 Å². The van der Waals surface area contributed by atoms with Gasteiger partial charge in [-0.2, -0.15) is 5.26 Å². The predicted molar refractivity (Wildman–Crippen MR) is 134 cm³/mol. The molecule has 190 valence electrons. The second-order valence-electron chi connectivity index (χ2n) is 7.69. The second-order valence-corrected chi connectivity index (χ2v) is 7.69. The average molecular weight is 495 g/mol. The molecule has 1 N–H and O–H groups in total. The van der Waals surface area contributed by atoms with E-state index >= 15 is 0 Å². The number of hydrogen-bond donors (Lipinski definition) is 1. The Labute approximate surface area is 210 Å². The summed E-state index contributed by atoms with van der Waals surface area (Å²) in [5, 5.41) is 12.1. The van der Waals surface area contributed by atoms with E-state index in [9.17, 15) is 19.6 Å². The zero-order chi connectivity index (χ0) is 26.5. The van der Waals surface area contributed by atoms with Crippen LogP contribution in [0.15, 0.2) is 42.0 Å². The Morgan fingerprint density at radius 2 is 1.69 bits per heavy atom. The summed E-state index contributed by atoms with van der Waals surface area (Å²) >= 11 is 0. The number of amides is 1. The van der Waals surface area contributed by atoms with Crippen molar-refractivity contribution in [2.75, 3.05) is 33.3 Å². The number of nitrogens with one attached hydrogen (secondary N) is 1. The molecule has 0 aliphatic rings. The Morgan fingerprint density at radius 3 is 2.33 bits per heavy atom. The fraction of sp³-hybridized carbons (Fsp3) is 0.333. The van der Waals surface area contributed by atoms with Gasteiger partial charge in [-0.25, -0.2) is 9.59 Å². The number of carbonyl (C=O) groups excluding carboxylic acids is 3. The van der Waals surface area contributed by atoms with Gasteiger partial charge in [0.1, 0.15) is 11.6 Å². The maximum Gasteiger partial charge on any atom is 0.339 e. The van der Waals surface area contributed by atoms with Crippen LogP contribution in [0.5, 0.6) is 11.5 Å². The molecule has 0 saturated heterocycles. The van der Waals surface area contributed by atoms with Crippen LogP contribution in [0, 0.1) is 11.3 Å². The van der Waals surface area contributed by atoms with E-state index in [0.717, 1.165) is 25.7 Å². The number of benzene rings is 2. The summed E-state index contributed by atoms with van der Waals surface area (Å²) in [6, 6.07) is 10.9. The molecule has 2 aromatic rings. The van der Waals surface area contributed by atoms with Crippen molar-refractivity contribution in [2.24, 2.45) is 0 Å². The van der Waals surface area contributed by atoms with Crippen molar-refractivity contribution in [1.82, 2.24) is 0 Å². The fourth-order valence-corrected chi connectivity index (χ4v) is 3.29. The van der Waals surface area contributed by atoms with Gasteiger partial charge in [0.05, 0.1) is 44.8 Å². The van der Waals surface area contributed by atoms with Crippen molar-refractivity contribution < 1.29 is 33.3 Å². The van der Waals surface area contributed by atoms with E-state index in [0.29, 0.717) is 23.7 Å². The molecule has 0 heterocycles. The smallest absolute Gasteiger partial charge is 0.339 e. The molecule has 0 saturated carbocycles. The Bertz CT molecular complexity index is 1170. The van der Waals surface area contributed by atoms with Crippen molar-refractivity contribution in [2.45, 2.75) is 32.6 Å². The lowest BCUT2D eigenvalue weighted by Crippen LogP contribution is -2.17. The summed E-state index contributed by atoms with van der Waals surface area (Å²) < 4.78 is 20.6. The molecule has 0 bridgehead atoms. The highest BCUT2D eigenvalue weighted by atomic mass is 16.5. The Balaban J connectivity index is 2.27. The van der Waals surface area contributed by atoms with Gasteiger partial charge < -0.3 is 24.3 Å². The second kappa shape index (κ2) is 14.2. The van der Waals surface area contributed by atoms with Gasteiger partial charge in [-0.15, -0.1) is 0 Å². The number of ether oxygens (including phenoxy) is 4. The third kappa shape index (κ3) is 7.60. The third-order valence-electron chi connectivity index (χ3n) is 5.21. The molecule has 0 spiro atoms. The molecule has 0 fully saturated rings. The first-order chi connectivity index (χ1) is 17.4. The summed E-state index contributed by atoms with van der Waals surface area (Å²) in [6.45, 7) is 2.70. The molecule has 1 amide bonds. The van der Waals surface area contributed by atoms with Gasteiger partial charge in [0.2, 0.25) is 0 Å². The summed E-state index contributed by atoms with van der Waals surface area (Å²) in [4.78, 5) is 36.9. The number of unbranched alkanes of at least 4 members (excludes halogenated alkanes) is 3. The van der Waals surface area contributed by atoms with Crippen molar-refractivity contribution in [3.63, 3.8) is 0 Å². The minimum Gasteiger partial charge on any atom is -0.493 e. The molecular formula is C27H30N2O7. The number of methoxy groups -OCH3 is 3. The molecule has 9 nitrogen and oxygen atoms in total. The first-order valence-corrected chi connectivity index (χ1v) is 11.4. The number of hydrogen-bond acceptors (Lipinski definition) is 8. The van der Waals surface area contributed by atoms with E-state index in [1.165, 1.54) is 45.6 Å². The molecule has 0 radical (unpaired) electrons. The van der Waals surface area contributed by atoms with Crippen LogP contribution in [0.25, 0.3) is 6.08 Å². The summed E-state index contributed by atoms with van der Waals surface area (Å²) in [7, 11) is 3.91. The Kier molecular flexibility index (Phi) is 11.0. The summed E-state index contributed by atoms with van der Waals surface area (Å²) in [5.41, 5.74) is 0.425. The van der Waals surface area contributed by atoms with Gasteiger partial charge in [-0.1, -0.05) is 32.3 Å². The standard InChI is InChI=1S/C27H30N2O7/c1-5-6-7-8-13-36-23-12-9-18(15-24(23)33-2)14-20(17-28)25(30)29-22-16-19(26(31)34-3)10-11-21(22)27(32)35-4/h9-12,14-16H,5-8,13H2,1-4H3,(H,29,30)/b20-14+.